The number of hydrogen-bond acceptors (Lipinski definition) is 2. The second kappa shape index (κ2) is 5.67. The van der Waals surface area contributed by atoms with E-state index in [1.54, 1.807) is 18.7 Å². The van der Waals surface area contributed by atoms with Crippen molar-refractivity contribution in [2.24, 2.45) is 0 Å². The van der Waals surface area contributed by atoms with E-state index in [1.165, 1.54) is 18.2 Å². The molecule has 18 heavy (non-hydrogen) atoms. The van der Waals surface area contributed by atoms with Crippen LogP contribution in [-0.2, 0) is 11.3 Å². The van der Waals surface area contributed by atoms with Gasteiger partial charge in [0, 0.05) is 17.1 Å². The van der Waals surface area contributed by atoms with Crippen LogP contribution in [0.15, 0.2) is 18.2 Å². The van der Waals surface area contributed by atoms with Crippen molar-refractivity contribution >= 4 is 17.6 Å². The highest BCUT2D eigenvalue weighted by molar-refractivity contribution is 6.30. The summed E-state index contributed by atoms with van der Waals surface area (Å²) in [6, 6.07) is 4.29. The first-order chi connectivity index (χ1) is 8.28. The average Bonchev–Trinajstić information content (AvgIpc) is 2.29. The van der Waals surface area contributed by atoms with Crippen LogP contribution < -0.4 is 0 Å². The quantitative estimate of drug-likeness (QED) is 0.896. The summed E-state index contributed by atoms with van der Waals surface area (Å²) in [5, 5.41) is 9.62. The summed E-state index contributed by atoms with van der Waals surface area (Å²) in [6.45, 7) is 5.75. The van der Waals surface area contributed by atoms with Crippen molar-refractivity contribution in [1.82, 2.24) is 4.90 Å². The monoisotopic (exact) mass is 273 g/mol. The number of benzene rings is 1. The van der Waals surface area contributed by atoms with Crippen LogP contribution in [-0.4, -0.2) is 28.1 Å². The Morgan fingerprint density at radius 2 is 2.11 bits per heavy atom. The van der Waals surface area contributed by atoms with E-state index >= 15 is 0 Å². The van der Waals surface area contributed by atoms with Crippen molar-refractivity contribution in [3.63, 3.8) is 0 Å². The normalized spacial score (nSPS) is 11.9. The summed E-state index contributed by atoms with van der Waals surface area (Å²) in [7, 11) is 0. The smallest absolute Gasteiger partial charge is 0.323 e. The molecule has 0 atom stereocenters. The molecular weight excluding hydrogens is 257 g/mol. The van der Waals surface area contributed by atoms with Gasteiger partial charge in [-0.3, -0.25) is 9.69 Å². The molecule has 0 aliphatic carbocycles. The van der Waals surface area contributed by atoms with Crippen LogP contribution in [0.4, 0.5) is 4.39 Å². The summed E-state index contributed by atoms with van der Waals surface area (Å²) in [6.07, 6.45) is 0. The van der Waals surface area contributed by atoms with Crippen molar-refractivity contribution in [3.05, 3.63) is 34.6 Å². The Morgan fingerprint density at radius 3 is 2.61 bits per heavy atom. The summed E-state index contributed by atoms with van der Waals surface area (Å²) in [4.78, 5) is 12.9. The summed E-state index contributed by atoms with van der Waals surface area (Å²) < 4.78 is 13.6. The molecule has 1 aromatic rings. The Hall–Kier alpha value is -1.13. The highest BCUT2D eigenvalue weighted by Gasteiger charge is 2.33. The third-order valence-electron chi connectivity index (χ3n) is 3.06. The second-order valence-corrected chi connectivity index (χ2v) is 5.05. The van der Waals surface area contributed by atoms with E-state index in [9.17, 15) is 14.3 Å². The topological polar surface area (TPSA) is 40.5 Å². The van der Waals surface area contributed by atoms with Gasteiger partial charge >= 0.3 is 5.97 Å². The molecule has 0 aliphatic rings. The molecule has 0 saturated heterocycles. The number of halogens is 2. The zero-order chi connectivity index (χ0) is 13.9. The van der Waals surface area contributed by atoms with Gasteiger partial charge in [0.15, 0.2) is 0 Å². The van der Waals surface area contributed by atoms with Crippen LogP contribution in [0.25, 0.3) is 0 Å². The van der Waals surface area contributed by atoms with E-state index in [0.29, 0.717) is 17.1 Å². The first-order valence-electron chi connectivity index (χ1n) is 5.71. The molecule has 5 heteroatoms. The molecule has 0 radical (unpaired) electrons. The Bertz CT molecular complexity index is 449. The van der Waals surface area contributed by atoms with E-state index in [0.717, 1.165) is 0 Å². The lowest BCUT2D eigenvalue weighted by atomic mass is 10.0. The zero-order valence-electron chi connectivity index (χ0n) is 10.7. The van der Waals surface area contributed by atoms with Crippen LogP contribution in [0.2, 0.25) is 5.02 Å². The first kappa shape index (κ1) is 14.9. The lowest BCUT2D eigenvalue weighted by Crippen LogP contribution is -2.49. The minimum Gasteiger partial charge on any atom is -0.480 e. The summed E-state index contributed by atoms with van der Waals surface area (Å²) in [5.74, 6) is -1.31. The summed E-state index contributed by atoms with van der Waals surface area (Å²) in [5.41, 5.74) is -0.651. The number of carboxylic acid groups (broad SMARTS) is 1. The first-order valence-corrected chi connectivity index (χ1v) is 6.09. The number of carbonyl (C=O) groups is 1. The van der Waals surface area contributed by atoms with Crippen LogP contribution in [0.3, 0.4) is 0 Å². The van der Waals surface area contributed by atoms with E-state index < -0.39 is 11.5 Å². The predicted octanol–water partition coefficient (Wildman–Crippen LogP) is 3.16. The fourth-order valence-electron chi connectivity index (χ4n) is 1.71. The fourth-order valence-corrected chi connectivity index (χ4v) is 1.90. The molecule has 0 spiro atoms. The maximum absolute atomic E-state index is 13.6. The Morgan fingerprint density at radius 1 is 1.50 bits per heavy atom. The SMILES string of the molecule is CCN(Cc1cc(Cl)ccc1F)C(C)(C)C(=O)O. The minimum absolute atomic E-state index is 0.211. The van der Waals surface area contributed by atoms with E-state index in [1.807, 2.05) is 6.92 Å². The van der Waals surface area contributed by atoms with Gasteiger partial charge in [0.2, 0.25) is 0 Å². The molecule has 1 N–H and O–H groups in total. The zero-order valence-corrected chi connectivity index (χ0v) is 11.5. The molecule has 1 rings (SSSR count). The van der Waals surface area contributed by atoms with Gasteiger partial charge < -0.3 is 5.11 Å². The third kappa shape index (κ3) is 3.21. The predicted molar refractivity (Wildman–Crippen MR) is 69.2 cm³/mol. The number of rotatable bonds is 5. The molecule has 0 fully saturated rings. The lowest BCUT2D eigenvalue weighted by molar-refractivity contribution is -0.149. The van der Waals surface area contributed by atoms with E-state index in [4.69, 9.17) is 11.6 Å². The largest absolute Gasteiger partial charge is 0.480 e. The molecular formula is C13H17ClFNO2. The molecule has 0 amide bonds. The number of carboxylic acids is 1. The standard InChI is InChI=1S/C13H17ClFNO2/c1-4-16(13(2,3)12(17)18)8-9-7-10(14)5-6-11(9)15/h5-7H,4,8H2,1-3H3,(H,17,18). The van der Waals surface area contributed by atoms with Crippen molar-refractivity contribution in [1.29, 1.82) is 0 Å². The fraction of sp³-hybridized carbons (Fsp3) is 0.462. The van der Waals surface area contributed by atoms with Crippen molar-refractivity contribution in [3.8, 4) is 0 Å². The Balaban J connectivity index is 3.00. The number of aliphatic carboxylic acids is 1. The Labute approximate surface area is 111 Å². The van der Waals surface area contributed by atoms with Crippen molar-refractivity contribution in [2.45, 2.75) is 32.9 Å². The molecule has 0 saturated carbocycles. The second-order valence-electron chi connectivity index (χ2n) is 4.61. The van der Waals surface area contributed by atoms with Gasteiger partial charge in [0.25, 0.3) is 0 Å². The van der Waals surface area contributed by atoms with Crippen molar-refractivity contribution < 1.29 is 14.3 Å². The minimum atomic E-state index is -1.05. The van der Waals surface area contributed by atoms with Gasteiger partial charge in [-0.25, -0.2) is 4.39 Å². The van der Waals surface area contributed by atoms with Gasteiger partial charge in [-0.05, 0) is 38.6 Å². The third-order valence-corrected chi connectivity index (χ3v) is 3.30. The maximum atomic E-state index is 13.6. The van der Waals surface area contributed by atoms with Gasteiger partial charge in [-0.15, -0.1) is 0 Å². The highest BCUT2D eigenvalue weighted by Crippen LogP contribution is 2.21. The molecule has 0 aromatic heterocycles. The number of hydrogen-bond donors (Lipinski definition) is 1. The molecule has 1 aromatic carbocycles. The molecule has 3 nitrogen and oxygen atoms in total. The van der Waals surface area contributed by atoms with Crippen LogP contribution in [0.1, 0.15) is 26.3 Å². The van der Waals surface area contributed by atoms with Gasteiger partial charge in [-0.1, -0.05) is 18.5 Å². The number of likely N-dealkylation sites (N-methyl/N-ethyl adjacent to an activating group) is 1. The van der Waals surface area contributed by atoms with Gasteiger partial charge in [0.05, 0.1) is 0 Å². The maximum Gasteiger partial charge on any atom is 0.323 e. The van der Waals surface area contributed by atoms with Crippen LogP contribution in [0, 0.1) is 5.82 Å². The molecule has 0 aliphatic heterocycles. The van der Waals surface area contributed by atoms with Gasteiger partial charge in [0.1, 0.15) is 11.4 Å². The molecule has 0 unspecified atom stereocenters. The highest BCUT2D eigenvalue weighted by atomic mass is 35.5. The Kier molecular flexibility index (Phi) is 4.71. The average molecular weight is 274 g/mol. The molecule has 0 bridgehead atoms. The molecule has 0 heterocycles. The van der Waals surface area contributed by atoms with Crippen LogP contribution in [0.5, 0.6) is 0 Å². The van der Waals surface area contributed by atoms with Gasteiger partial charge in [-0.2, -0.15) is 0 Å². The molecule has 100 valence electrons. The summed E-state index contributed by atoms with van der Waals surface area (Å²) >= 11 is 5.82. The van der Waals surface area contributed by atoms with E-state index in [2.05, 4.69) is 0 Å². The van der Waals surface area contributed by atoms with Crippen LogP contribution >= 0.6 is 11.6 Å². The van der Waals surface area contributed by atoms with Crippen molar-refractivity contribution in [2.75, 3.05) is 6.54 Å². The number of nitrogens with zero attached hydrogens (tertiary/aromatic N) is 1. The lowest BCUT2D eigenvalue weighted by Gasteiger charge is -2.34. The van der Waals surface area contributed by atoms with E-state index in [-0.39, 0.29) is 12.4 Å².